The van der Waals surface area contributed by atoms with Gasteiger partial charge < -0.3 is 14.8 Å². The molecule has 0 saturated carbocycles. The van der Waals surface area contributed by atoms with Gasteiger partial charge in [-0.2, -0.15) is 0 Å². The standard InChI is InChI=1S/C12H17N3O/c1-14-4-2-3-11(14)12(16)15-7-9-5-13-6-10(9)8-15/h2-4,9-10,13H,5-8H2,1H3. The van der Waals surface area contributed by atoms with E-state index in [1.807, 2.05) is 34.8 Å². The van der Waals surface area contributed by atoms with Gasteiger partial charge in [-0.3, -0.25) is 4.79 Å². The Balaban J connectivity index is 1.75. The highest BCUT2D eigenvalue weighted by molar-refractivity contribution is 5.93. The molecule has 16 heavy (non-hydrogen) atoms. The van der Waals surface area contributed by atoms with Gasteiger partial charge in [0.2, 0.25) is 0 Å². The number of aromatic nitrogens is 1. The van der Waals surface area contributed by atoms with Crippen LogP contribution >= 0.6 is 0 Å². The van der Waals surface area contributed by atoms with E-state index >= 15 is 0 Å². The van der Waals surface area contributed by atoms with Crippen molar-refractivity contribution < 1.29 is 4.79 Å². The number of nitrogens with zero attached hydrogens (tertiary/aromatic N) is 2. The first-order valence-electron chi connectivity index (χ1n) is 5.87. The van der Waals surface area contributed by atoms with Crippen molar-refractivity contribution in [1.82, 2.24) is 14.8 Å². The molecule has 86 valence electrons. The van der Waals surface area contributed by atoms with Crippen molar-refractivity contribution in [2.75, 3.05) is 26.2 Å². The van der Waals surface area contributed by atoms with Gasteiger partial charge in [0.15, 0.2) is 0 Å². The summed E-state index contributed by atoms with van der Waals surface area (Å²) < 4.78 is 1.90. The number of nitrogens with one attached hydrogen (secondary N) is 1. The van der Waals surface area contributed by atoms with Gasteiger partial charge in [0.1, 0.15) is 5.69 Å². The molecule has 0 spiro atoms. The summed E-state index contributed by atoms with van der Waals surface area (Å²) in [4.78, 5) is 14.3. The number of fused-ring (bicyclic) bond motifs is 1. The fourth-order valence-corrected chi connectivity index (χ4v) is 2.87. The van der Waals surface area contributed by atoms with E-state index in [1.54, 1.807) is 0 Å². The minimum absolute atomic E-state index is 0.182. The van der Waals surface area contributed by atoms with Crippen LogP contribution in [-0.2, 0) is 7.05 Å². The van der Waals surface area contributed by atoms with Crippen molar-refractivity contribution in [3.8, 4) is 0 Å². The molecule has 0 bridgehead atoms. The molecule has 2 saturated heterocycles. The van der Waals surface area contributed by atoms with Crippen LogP contribution in [-0.4, -0.2) is 41.6 Å². The minimum Gasteiger partial charge on any atom is -0.347 e. The molecule has 2 unspecified atom stereocenters. The lowest BCUT2D eigenvalue weighted by molar-refractivity contribution is 0.0772. The summed E-state index contributed by atoms with van der Waals surface area (Å²) in [6.07, 6.45) is 1.92. The molecule has 3 rings (SSSR count). The topological polar surface area (TPSA) is 37.3 Å². The number of hydrogen-bond acceptors (Lipinski definition) is 2. The molecular weight excluding hydrogens is 202 g/mol. The van der Waals surface area contributed by atoms with Crippen molar-refractivity contribution in [2.24, 2.45) is 18.9 Å². The van der Waals surface area contributed by atoms with Gasteiger partial charge in [0, 0.05) is 39.4 Å². The van der Waals surface area contributed by atoms with Crippen LogP contribution in [0.25, 0.3) is 0 Å². The Morgan fingerprint density at radius 3 is 2.62 bits per heavy atom. The molecule has 1 N–H and O–H groups in total. The Bertz CT molecular complexity index is 400. The Labute approximate surface area is 95.2 Å². The van der Waals surface area contributed by atoms with Crippen LogP contribution < -0.4 is 5.32 Å². The third kappa shape index (κ3) is 1.45. The van der Waals surface area contributed by atoms with Gasteiger partial charge in [-0.05, 0) is 24.0 Å². The van der Waals surface area contributed by atoms with E-state index in [1.165, 1.54) is 0 Å². The number of likely N-dealkylation sites (tertiary alicyclic amines) is 1. The van der Waals surface area contributed by atoms with Crippen LogP contribution in [0.1, 0.15) is 10.5 Å². The lowest BCUT2D eigenvalue weighted by atomic mass is 10.0. The Hall–Kier alpha value is -1.29. The molecule has 4 heteroatoms. The number of carbonyl (C=O) groups is 1. The lowest BCUT2D eigenvalue weighted by Gasteiger charge is -2.17. The SMILES string of the molecule is Cn1cccc1C(=O)N1CC2CNCC2C1. The van der Waals surface area contributed by atoms with Crippen molar-refractivity contribution in [2.45, 2.75) is 0 Å². The van der Waals surface area contributed by atoms with Gasteiger partial charge in [-0.25, -0.2) is 0 Å². The largest absolute Gasteiger partial charge is 0.347 e. The number of hydrogen-bond donors (Lipinski definition) is 1. The first kappa shape index (κ1) is 9.90. The normalized spacial score (nSPS) is 28.4. The van der Waals surface area contributed by atoms with Crippen molar-refractivity contribution >= 4 is 5.91 Å². The molecule has 2 aliphatic heterocycles. The number of amides is 1. The smallest absolute Gasteiger partial charge is 0.270 e. The maximum Gasteiger partial charge on any atom is 0.270 e. The van der Waals surface area contributed by atoms with E-state index in [0.717, 1.165) is 31.9 Å². The van der Waals surface area contributed by atoms with Gasteiger partial charge >= 0.3 is 0 Å². The summed E-state index contributed by atoms with van der Waals surface area (Å²) in [7, 11) is 1.92. The first-order valence-corrected chi connectivity index (χ1v) is 5.87. The molecule has 1 amide bonds. The van der Waals surface area contributed by atoms with E-state index in [4.69, 9.17) is 0 Å². The predicted molar refractivity (Wildman–Crippen MR) is 61.2 cm³/mol. The summed E-state index contributed by atoms with van der Waals surface area (Å²) >= 11 is 0. The maximum atomic E-state index is 12.2. The fourth-order valence-electron chi connectivity index (χ4n) is 2.87. The highest BCUT2D eigenvalue weighted by atomic mass is 16.2. The average Bonchev–Trinajstić information content (AvgIpc) is 2.89. The molecule has 2 atom stereocenters. The molecular formula is C12H17N3O. The number of aryl methyl sites for hydroxylation is 1. The van der Waals surface area contributed by atoms with Gasteiger partial charge in [-0.15, -0.1) is 0 Å². The second-order valence-electron chi connectivity index (χ2n) is 4.89. The number of rotatable bonds is 1. The van der Waals surface area contributed by atoms with E-state index in [-0.39, 0.29) is 5.91 Å². The Morgan fingerprint density at radius 1 is 1.38 bits per heavy atom. The van der Waals surface area contributed by atoms with Gasteiger partial charge in [0.25, 0.3) is 5.91 Å². The zero-order chi connectivity index (χ0) is 11.1. The minimum atomic E-state index is 0.182. The van der Waals surface area contributed by atoms with E-state index < -0.39 is 0 Å². The molecule has 0 radical (unpaired) electrons. The number of carbonyl (C=O) groups excluding carboxylic acids is 1. The fraction of sp³-hybridized carbons (Fsp3) is 0.583. The van der Waals surface area contributed by atoms with Crippen LogP contribution in [0.15, 0.2) is 18.3 Å². The highest BCUT2D eigenvalue weighted by Crippen LogP contribution is 2.27. The zero-order valence-corrected chi connectivity index (χ0v) is 9.52. The van der Waals surface area contributed by atoms with Crippen molar-refractivity contribution in [3.05, 3.63) is 24.0 Å². The second kappa shape index (κ2) is 3.63. The van der Waals surface area contributed by atoms with Crippen LogP contribution in [0.2, 0.25) is 0 Å². The average molecular weight is 219 g/mol. The third-order valence-electron chi connectivity index (χ3n) is 3.84. The molecule has 2 fully saturated rings. The van der Waals surface area contributed by atoms with E-state index in [0.29, 0.717) is 11.8 Å². The monoisotopic (exact) mass is 219 g/mol. The molecule has 1 aromatic rings. The summed E-state index contributed by atoms with van der Waals surface area (Å²) in [5, 5.41) is 3.39. The molecule has 1 aromatic heterocycles. The third-order valence-corrected chi connectivity index (χ3v) is 3.84. The van der Waals surface area contributed by atoms with Crippen molar-refractivity contribution in [1.29, 1.82) is 0 Å². The van der Waals surface area contributed by atoms with Gasteiger partial charge in [-0.1, -0.05) is 0 Å². The molecule has 2 aliphatic rings. The highest BCUT2D eigenvalue weighted by Gasteiger charge is 2.38. The lowest BCUT2D eigenvalue weighted by Crippen LogP contribution is -2.32. The summed E-state index contributed by atoms with van der Waals surface area (Å²) in [6.45, 7) is 3.98. The summed E-state index contributed by atoms with van der Waals surface area (Å²) in [6, 6.07) is 3.82. The predicted octanol–water partition coefficient (Wildman–Crippen LogP) is 0.317. The van der Waals surface area contributed by atoms with Crippen molar-refractivity contribution in [3.63, 3.8) is 0 Å². The van der Waals surface area contributed by atoms with Crippen LogP contribution in [0.4, 0.5) is 0 Å². The second-order valence-corrected chi connectivity index (χ2v) is 4.89. The Morgan fingerprint density at radius 2 is 2.06 bits per heavy atom. The first-order chi connectivity index (χ1) is 7.75. The maximum absolute atomic E-state index is 12.2. The molecule has 0 aromatic carbocycles. The van der Waals surface area contributed by atoms with Gasteiger partial charge in [0.05, 0.1) is 0 Å². The molecule has 0 aliphatic carbocycles. The molecule has 3 heterocycles. The van der Waals surface area contributed by atoms with E-state index in [9.17, 15) is 4.79 Å². The summed E-state index contributed by atoms with van der Waals surface area (Å²) in [5.41, 5.74) is 0.799. The summed E-state index contributed by atoms with van der Waals surface area (Å²) in [5.74, 6) is 1.52. The Kier molecular flexibility index (Phi) is 2.24. The van der Waals surface area contributed by atoms with Crippen LogP contribution in [0, 0.1) is 11.8 Å². The zero-order valence-electron chi connectivity index (χ0n) is 9.52. The van der Waals surface area contributed by atoms with Crippen LogP contribution in [0.3, 0.4) is 0 Å². The molecule has 4 nitrogen and oxygen atoms in total. The quantitative estimate of drug-likeness (QED) is 0.738. The van der Waals surface area contributed by atoms with E-state index in [2.05, 4.69) is 5.32 Å². The van der Waals surface area contributed by atoms with Crippen LogP contribution in [0.5, 0.6) is 0 Å².